The van der Waals surface area contributed by atoms with E-state index in [4.69, 9.17) is 28.3 Å². The highest BCUT2D eigenvalue weighted by Crippen LogP contribution is 2.27. The molecular weight excluding hydrogens is 287 g/mol. The Hall–Kier alpha value is -1.78. The highest BCUT2D eigenvalue weighted by atomic mass is 35.5. The third-order valence-corrected chi connectivity index (χ3v) is 3.05. The predicted octanol–water partition coefficient (Wildman–Crippen LogP) is 4.14. The van der Waals surface area contributed by atoms with Crippen molar-refractivity contribution in [3.05, 3.63) is 51.6 Å². The number of benzene rings is 1. The first-order chi connectivity index (χ1) is 8.97. The van der Waals surface area contributed by atoms with Crippen LogP contribution >= 0.6 is 23.2 Å². The van der Waals surface area contributed by atoms with Crippen LogP contribution in [0.5, 0.6) is 0 Å². The van der Waals surface area contributed by atoms with Gasteiger partial charge in [0.2, 0.25) is 0 Å². The molecule has 0 saturated heterocycles. The molecule has 19 heavy (non-hydrogen) atoms. The van der Waals surface area contributed by atoms with Crippen molar-refractivity contribution in [1.29, 1.82) is 0 Å². The number of pyridine rings is 1. The monoisotopic (exact) mass is 296 g/mol. The van der Waals surface area contributed by atoms with Gasteiger partial charge in [-0.15, -0.1) is 0 Å². The molecule has 0 aliphatic rings. The fourth-order valence-electron chi connectivity index (χ4n) is 1.54. The zero-order valence-corrected chi connectivity index (χ0v) is 11.5. The lowest BCUT2D eigenvalue weighted by molar-refractivity contribution is 0.0696. The van der Waals surface area contributed by atoms with Crippen molar-refractivity contribution in [3.8, 4) is 0 Å². The van der Waals surface area contributed by atoms with E-state index in [1.54, 1.807) is 12.1 Å². The number of carboxylic acids is 1. The normalized spacial score (nSPS) is 10.3. The number of aryl methyl sites for hydroxylation is 1. The van der Waals surface area contributed by atoms with Crippen LogP contribution in [0.3, 0.4) is 0 Å². The average Bonchev–Trinajstić information content (AvgIpc) is 2.34. The highest BCUT2D eigenvalue weighted by Gasteiger charge is 2.09. The molecule has 0 aliphatic heterocycles. The summed E-state index contributed by atoms with van der Waals surface area (Å²) in [6.45, 7) is 1.90. The highest BCUT2D eigenvalue weighted by molar-refractivity contribution is 6.33. The molecule has 1 aromatic heterocycles. The molecule has 0 fully saturated rings. The molecule has 0 spiro atoms. The van der Waals surface area contributed by atoms with Crippen LogP contribution in [-0.4, -0.2) is 16.1 Å². The molecule has 0 bridgehead atoms. The van der Waals surface area contributed by atoms with Crippen molar-refractivity contribution < 1.29 is 9.90 Å². The molecule has 0 saturated carbocycles. The second-order valence-electron chi connectivity index (χ2n) is 3.94. The van der Waals surface area contributed by atoms with Gasteiger partial charge in [-0.1, -0.05) is 23.2 Å². The second kappa shape index (κ2) is 5.47. The second-order valence-corrected chi connectivity index (χ2v) is 4.79. The molecule has 2 N–H and O–H groups in total. The van der Waals surface area contributed by atoms with Crippen LogP contribution in [0.2, 0.25) is 10.0 Å². The largest absolute Gasteiger partial charge is 0.478 e. The van der Waals surface area contributed by atoms with Gasteiger partial charge >= 0.3 is 5.97 Å². The third kappa shape index (κ3) is 3.16. The first kappa shape index (κ1) is 13.6. The van der Waals surface area contributed by atoms with Gasteiger partial charge < -0.3 is 10.4 Å². The SMILES string of the molecule is Cc1cc(Cl)ccc1Nc1ncc(C(=O)O)cc1Cl. The van der Waals surface area contributed by atoms with Gasteiger partial charge in [0, 0.05) is 16.9 Å². The Morgan fingerprint density at radius 3 is 2.63 bits per heavy atom. The van der Waals surface area contributed by atoms with Crippen LogP contribution in [0.25, 0.3) is 0 Å². The standard InChI is InChI=1S/C13H10Cl2N2O2/c1-7-4-9(14)2-3-11(7)17-12-10(15)5-8(6-16-12)13(18)19/h2-6H,1H3,(H,16,17)(H,18,19). The van der Waals surface area contributed by atoms with Crippen LogP contribution in [0.15, 0.2) is 30.5 Å². The number of aromatic nitrogens is 1. The topological polar surface area (TPSA) is 62.2 Å². The molecule has 0 amide bonds. The minimum atomic E-state index is -1.07. The van der Waals surface area contributed by atoms with Crippen molar-refractivity contribution in [2.45, 2.75) is 6.92 Å². The van der Waals surface area contributed by atoms with Gasteiger partial charge in [-0.2, -0.15) is 0 Å². The first-order valence-corrected chi connectivity index (χ1v) is 6.15. The lowest BCUT2D eigenvalue weighted by Crippen LogP contribution is -2.01. The molecule has 1 heterocycles. The van der Waals surface area contributed by atoms with Crippen LogP contribution in [0, 0.1) is 6.92 Å². The molecule has 2 aromatic rings. The smallest absolute Gasteiger partial charge is 0.337 e. The zero-order chi connectivity index (χ0) is 14.0. The first-order valence-electron chi connectivity index (χ1n) is 5.39. The number of aromatic carboxylic acids is 1. The quantitative estimate of drug-likeness (QED) is 0.893. The van der Waals surface area contributed by atoms with Gasteiger partial charge in [-0.25, -0.2) is 9.78 Å². The predicted molar refractivity (Wildman–Crippen MR) is 75.7 cm³/mol. The maximum absolute atomic E-state index is 10.8. The number of halogens is 2. The van der Waals surface area contributed by atoms with Crippen molar-refractivity contribution >= 4 is 40.7 Å². The minimum absolute atomic E-state index is 0.0448. The Morgan fingerprint density at radius 2 is 2.05 bits per heavy atom. The summed E-state index contributed by atoms with van der Waals surface area (Å²) in [5.74, 6) is -0.666. The number of carboxylic acid groups (broad SMARTS) is 1. The van der Waals surface area contributed by atoms with E-state index in [0.29, 0.717) is 10.8 Å². The number of hydrogen-bond acceptors (Lipinski definition) is 3. The van der Waals surface area contributed by atoms with Crippen molar-refractivity contribution in [2.24, 2.45) is 0 Å². The maximum Gasteiger partial charge on any atom is 0.337 e. The van der Waals surface area contributed by atoms with Gasteiger partial charge in [-0.3, -0.25) is 0 Å². The van der Waals surface area contributed by atoms with Crippen LogP contribution in [0.1, 0.15) is 15.9 Å². The molecule has 0 unspecified atom stereocenters. The summed E-state index contributed by atoms with van der Waals surface area (Å²) in [6.07, 6.45) is 1.25. The molecule has 0 atom stereocenters. The summed E-state index contributed by atoms with van der Waals surface area (Å²) >= 11 is 11.9. The van der Waals surface area contributed by atoms with Gasteiger partial charge in [0.25, 0.3) is 0 Å². The van der Waals surface area contributed by atoms with Gasteiger partial charge in [-0.05, 0) is 36.8 Å². The van der Waals surface area contributed by atoms with Crippen LogP contribution in [-0.2, 0) is 0 Å². The van der Waals surface area contributed by atoms with Crippen LogP contribution in [0.4, 0.5) is 11.5 Å². The minimum Gasteiger partial charge on any atom is -0.478 e. The molecule has 4 nitrogen and oxygen atoms in total. The Bertz CT molecular complexity index is 645. The number of carbonyl (C=O) groups is 1. The summed E-state index contributed by atoms with van der Waals surface area (Å²) < 4.78 is 0. The molecule has 98 valence electrons. The number of anilines is 2. The van der Waals surface area contributed by atoms with Crippen molar-refractivity contribution in [2.75, 3.05) is 5.32 Å². The van der Waals surface area contributed by atoms with E-state index in [0.717, 1.165) is 11.3 Å². The van der Waals surface area contributed by atoms with E-state index in [1.165, 1.54) is 12.3 Å². The van der Waals surface area contributed by atoms with E-state index >= 15 is 0 Å². The van der Waals surface area contributed by atoms with E-state index < -0.39 is 5.97 Å². The molecule has 6 heteroatoms. The van der Waals surface area contributed by atoms with Gasteiger partial charge in [0.15, 0.2) is 0 Å². The molecule has 2 rings (SSSR count). The molecule has 0 aliphatic carbocycles. The summed E-state index contributed by atoms with van der Waals surface area (Å²) in [4.78, 5) is 14.8. The zero-order valence-electron chi connectivity index (χ0n) is 9.95. The molecule has 0 radical (unpaired) electrons. The van der Waals surface area contributed by atoms with Crippen LogP contribution < -0.4 is 5.32 Å². The third-order valence-electron chi connectivity index (χ3n) is 2.53. The van der Waals surface area contributed by atoms with E-state index in [9.17, 15) is 4.79 Å². The molecule has 1 aromatic carbocycles. The van der Waals surface area contributed by atoms with E-state index in [1.807, 2.05) is 13.0 Å². The fraction of sp³-hybridized carbons (Fsp3) is 0.0769. The summed E-state index contributed by atoms with van der Waals surface area (Å²) in [5, 5.41) is 12.8. The Morgan fingerprint density at radius 1 is 1.32 bits per heavy atom. The van der Waals surface area contributed by atoms with Gasteiger partial charge in [0.05, 0.1) is 10.6 Å². The number of hydrogen-bond donors (Lipinski definition) is 2. The number of nitrogens with one attached hydrogen (secondary N) is 1. The van der Waals surface area contributed by atoms with E-state index in [2.05, 4.69) is 10.3 Å². The lowest BCUT2D eigenvalue weighted by Gasteiger charge is -2.10. The Labute approximate surface area is 120 Å². The summed E-state index contributed by atoms with van der Waals surface area (Å²) in [5.41, 5.74) is 1.79. The van der Waals surface area contributed by atoms with E-state index in [-0.39, 0.29) is 10.6 Å². The molecular formula is C13H10Cl2N2O2. The fourth-order valence-corrected chi connectivity index (χ4v) is 1.98. The Balaban J connectivity index is 2.31. The summed E-state index contributed by atoms with van der Waals surface area (Å²) in [6, 6.07) is 6.71. The van der Waals surface area contributed by atoms with Gasteiger partial charge in [0.1, 0.15) is 5.82 Å². The summed E-state index contributed by atoms with van der Waals surface area (Å²) in [7, 11) is 0. The Kier molecular flexibility index (Phi) is 3.93. The number of nitrogens with zero attached hydrogens (tertiary/aromatic N) is 1. The van der Waals surface area contributed by atoms with Crippen molar-refractivity contribution in [1.82, 2.24) is 4.98 Å². The number of rotatable bonds is 3. The average molecular weight is 297 g/mol. The maximum atomic E-state index is 10.8. The van der Waals surface area contributed by atoms with Crippen molar-refractivity contribution in [3.63, 3.8) is 0 Å². The lowest BCUT2D eigenvalue weighted by atomic mass is 10.2.